The fraction of sp³-hybridized carbons (Fsp3) is 0.318. The highest BCUT2D eigenvalue weighted by Gasteiger charge is 2.25. The monoisotopic (exact) mass is 410 g/mol. The van der Waals surface area contributed by atoms with Crippen molar-refractivity contribution in [1.29, 1.82) is 0 Å². The van der Waals surface area contributed by atoms with E-state index in [4.69, 9.17) is 0 Å². The summed E-state index contributed by atoms with van der Waals surface area (Å²) >= 11 is 1.28. The van der Waals surface area contributed by atoms with Crippen LogP contribution in [0, 0.1) is 13.8 Å². The number of benzene rings is 2. The fourth-order valence-electron chi connectivity index (χ4n) is 3.17. The Balaban J connectivity index is 1.90. The largest absolute Gasteiger partial charge is 0.343 e. The number of hydrogen-bond donors (Lipinski definition) is 2. The summed E-state index contributed by atoms with van der Waals surface area (Å²) in [6.07, 6.45) is 1.84. The van der Waals surface area contributed by atoms with Gasteiger partial charge >= 0.3 is 5.69 Å². The van der Waals surface area contributed by atoms with E-state index in [-0.39, 0.29) is 11.6 Å². The molecule has 0 bridgehead atoms. The number of aromatic nitrogens is 3. The van der Waals surface area contributed by atoms with Crippen molar-refractivity contribution in [1.82, 2.24) is 14.8 Å². The first-order chi connectivity index (χ1) is 14.0. The van der Waals surface area contributed by atoms with Crippen LogP contribution >= 0.6 is 11.8 Å². The third-order valence-electron chi connectivity index (χ3n) is 4.51. The molecular formula is C22H26N4O2S. The highest BCUT2D eigenvalue weighted by molar-refractivity contribution is 8.00. The van der Waals surface area contributed by atoms with Gasteiger partial charge in [0.05, 0.1) is 0 Å². The number of aryl methyl sites for hydroxylation is 2. The average molecular weight is 411 g/mol. The van der Waals surface area contributed by atoms with Crippen molar-refractivity contribution in [2.24, 2.45) is 0 Å². The van der Waals surface area contributed by atoms with Gasteiger partial charge in [0.25, 0.3) is 0 Å². The number of H-pyrrole nitrogens is 1. The van der Waals surface area contributed by atoms with E-state index in [1.807, 2.05) is 56.3 Å². The molecule has 0 fully saturated rings. The number of anilines is 1. The molecule has 1 atom stereocenters. The lowest BCUT2D eigenvalue weighted by Crippen LogP contribution is -2.21. The summed E-state index contributed by atoms with van der Waals surface area (Å²) < 4.78 is 1.61. The Bertz CT molecular complexity index is 1010. The molecular weight excluding hydrogens is 384 g/mol. The molecule has 6 nitrogen and oxygen atoms in total. The normalized spacial score (nSPS) is 12.0. The molecule has 7 heteroatoms. The van der Waals surface area contributed by atoms with Crippen molar-refractivity contribution in [3.8, 4) is 0 Å². The number of aromatic amines is 1. The van der Waals surface area contributed by atoms with Crippen LogP contribution in [0.2, 0.25) is 0 Å². The molecule has 1 heterocycles. The minimum absolute atomic E-state index is 0.149. The highest BCUT2D eigenvalue weighted by atomic mass is 32.2. The first-order valence-corrected chi connectivity index (χ1v) is 10.6. The van der Waals surface area contributed by atoms with Gasteiger partial charge in [-0.05, 0) is 49.1 Å². The second-order valence-corrected chi connectivity index (χ2v) is 8.16. The second-order valence-electron chi connectivity index (χ2n) is 7.09. The van der Waals surface area contributed by atoms with Gasteiger partial charge in [-0.1, -0.05) is 61.5 Å². The molecule has 3 rings (SSSR count). The van der Waals surface area contributed by atoms with Crippen molar-refractivity contribution >= 4 is 23.4 Å². The van der Waals surface area contributed by atoms with Gasteiger partial charge in [-0.15, -0.1) is 5.10 Å². The summed E-state index contributed by atoms with van der Waals surface area (Å²) in [4.78, 5) is 25.3. The molecule has 0 saturated carbocycles. The van der Waals surface area contributed by atoms with Crippen LogP contribution in [0.3, 0.4) is 0 Å². The van der Waals surface area contributed by atoms with Crippen LogP contribution in [-0.2, 0) is 11.3 Å². The molecule has 0 radical (unpaired) electrons. The van der Waals surface area contributed by atoms with Gasteiger partial charge in [0.2, 0.25) is 5.91 Å². The number of nitrogens with one attached hydrogen (secondary N) is 2. The number of amides is 1. The Morgan fingerprint density at radius 1 is 1.17 bits per heavy atom. The van der Waals surface area contributed by atoms with Gasteiger partial charge in [-0.25, -0.2) is 9.89 Å². The number of hydrogen-bond acceptors (Lipinski definition) is 4. The van der Waals surface area contributed by atoms with Crippen molar-refractivity contribution in [2.45, 2.75) is 50.6 Å². The number of unbranched alkanes of at least 4 members (excludes halogenated alkanes) is 1. The summed E-state index contributed by atoms with van der Waals surface area (Å²) in [7, 11) is 0. The molecule has 0 saturated heterocycles. The topological polar surface area (TPSA) is 79.8 Å². The lowest BCUT2D eigenvalue weighted by Gasteiger charge is -2.17. The molecule has 0 spiro atoms. The summed E-state index contributed by atoms with van der Waals surface area (Å²) in [5.41, 5.74) is 3.55. The minimum Gasteiger partial charge on any atom is -0.325 e. The lowest BCUT2D eigenvalue weighted by molar-refractivity contribution is -0.115. The zero-order chi connectivity index (χ0) is 20.8. The molecule has 3 aromatic rings. The van der Waals surface area contributed by atoms with Gasteiger partial charge in [0.1, 0.15) is 5.25 Å². The van der Waals surface area contributed by atoms with Crippen LogP contribution < -0.4 is 11.0 Å². The summed E-state index contributed by atoms with van der Waals surface area (Å²) in [6, 6.07) is 15.5. The minimum atomic E-state index is -0.535. The van der Waals surface area contributed by atoms with Crippen LogP contribution in [0.5, 0.6) is 0 Å². The summed E-state index contributed by atoms with van der Waals surface area (Å²) in [5, 5.41) is 9.68. The Kier molecular flexibility index (Phi) is 6.93. The quantitative estimate of drug-likeness (QED) is 0.537. The van der Waals surface area contributed by atoms with Gasteiger partial charge in [0, 0.05) is 12.2 Å². The lowest BCUT2D eigenvalue weighted by atomic mass is 10.1. The van der Waals surface area contributed by atoms with Crippen LogP contribution in [0.15, 0.2) is 58.5 Å². The van der Waals surface area contributed by atoms with Crippen LogP contribution in [0.25, 0.3) is 0 Å². The summed E-state index contributed by atoms with van der Waals surface area (Å²) in [6.45, 7) is 6.65. The molecule has 0 aliphatic heterocycles. The second kappa shape index (κ2) is 9.60. The molecule has 2 aromatic carbocycles. The summed E-state index contributed by atoms with van der Waals surface area (Å²) in [5.74, 6) is -0.149. The third kappa shape index (κ3) is 5.38. The predicted octanol–water partition coefficient (Wildman–Crippen LogP) is 4.46. The maximum atomic E-state index is 13.2. The van der Waals surface area contributed by atoms with Crippen LogP contribution in [-0.4, -0.2) is 20.7 Å². The first kappa shape index (κ1) is 20.9. The van der Waals surface area contributed by atoms with Crippen LogP contribution in [0.4, 0.5) is 5.69 Å². The van der Waals surface area contributed by atoms with Gasteiger partial charge in [-0.3, -0.25) is 9.36 Å². The molecule has 1 unspecified atom stereocenters. The fourth-order valence-corrected chi connectivity index (χ4v) is 4.24. The molecule has 1 amide bonds. The average Bonchev–Trinajstić information content (AvgIpc) is 3.03. The number of carbonyl (C=O) groups excluding carboxylic acids is 1. The van der Waals surface area contributed by atoms with Crippen LogP contribution in [0.1, 0.15) is 41.7 Å². The molecule has 0 aliphatic rings. The van der Waals surface area contributed by atoms with Gasteiger partial charge in [-0.2, -0.15) is 0 Å². The van der Waals surface area contributed by atoms with Crippen molar-refractivity contribution in [3.05, 3.63) is 75.7 Å². The Labute approximate surface area is 174 Å². The SMILES string of the molecule is CCCCn1c(SC(C(=O)Nc2cc(C)cc(C)c2)c2ccccc2)n[nH]c1=O. The first-order valence-electron chi connectivity index (χ1n) is 9.74. The van der Waals surface area contributed by atoms with E-state index < -0.39 is 5.25 Å². The number of thioether (sulfide) groups is 1. The number of nitrogens with zero attached hydrogens (tertiary/aromatic N) is 2. The highest BCUT2D eigenvalue weighted by Crippen LogP contribution is 2.35. The van der Waals surface area contributed by atoms with E-state index in [9.17, 15) is 9.59 Å². The third-order valence-corrected chi connectivity index (χ3v) is 5.76. The van der Waals surface area contributed by atoms with E-state index >= 15 is 0 Å². The van der Waals surface area contributed by atoms with E-state index in [1.54, 1.807) is 4.57 Å². The predicted molar refractivity (Wildman–Crippen MR) is 117 cm³/mol. The van der Waals surface area contributed by atoms with Gasteiger partial charge in [0.15, 0.2) is 5.16 Å². The maximum Gasteiger partial charge on any atom is 0.343 e. The standard InChI is InChI=1S/C22H26N4O2S/c1-4-5-11-26-21(28)24-25-22(26)29-19(17-9-7-6-8-10-17)20(27)23-18-13-15(2)12-16(3)14-18/h6-10,12-14,19H,4-5,11H2,1-3H3,(H,23,27)(H,24,28). The van der Waals surface area contributed by atoms with E-state index in [1.165, 1.54) is 11.8 Å². The smallest absolute Gasteiger partial charge is 0.325 e. The molecule has 29 heavy (non-hydrogen) atoms. The van der Waals surface area contributed by atoms with Gasteiger partial charge < -0.3 is 5.32 Å². The molecule has 1 aromatic heterocycles. The van der Waals surface area contributed by atoms with Crippen molar-refractivity contribution in [3.63, 3.8) is 0 Å². The van der Waals surface area contributed by atoms with Crippen molar-refractivity contribution < 1.29 is 4.79 Å². The zero-order valence-electron chi connectivity index (χ0n) is 16.9. The number of carbonyl (C=O) groups is 1. The number of rotatable bonds is 8. The van der Waals surface area contributed by atoms with Crippen molar-refractivity contribution in [2.75, 3.05) is 5.32 Å². The van der Waals surface area contributed by atoms with E-state index in [2.05, 4.69) is 28.5 Å². The zero-order valence-corrected chi connectivity index (χ0v) is 17.8. The maximum absolute atomic E-state index is 13.2. The Morgan fingerprint density at radius 2 is 1.86 bits per heavy atom. The van der Waals surface area contributed by atoms with E-state index in [0.29, 0.717) is 11.7 Å². The molecule has 152 valence electrons. The Morgan fingerprint density at radius 3 is 2.52 bits per heavy atom. The molecule has 0 aliphatic carbocycles. The Hall–Kier alpha value is -2.80. The van der Waals surface area contributed by atoms with E-state index in [0.717, 1.165) is 35.2 Å². The molecule has 2 N–H and O–H groups in total.